The number of nitrogens with one attached hydrogen (secondary N) is 1. The highest BCUT2D eigenvalue weighted by Crippen LogP contribution is 2.21. The highest BCUT2D eigenvalue weighted by Gasteiger charge is 2.18. The molecule has 1 aromatic carbocycles. The molecule has 3 N–H and O–H groups in total. The molecule has 0 radical (unpaired) electrons. The van der Waals surface area contributed by atoms with Crippen molar-refractivity contribution >= 4 is 21.5 Å². The maximum Gasteiger partial charge on any atom is 0.265 e. The van der Waals surface area contributed by atoms with E-state index in [4.69, 9.17) is 5.73 Å². The van der Waals surface area contributed by atoms with Crippen molar-refractivity contribution in [1.29, 1.82) is 0 Å². The van der Waals surface area contributed by atoms with E-state index in [0.29, 0.717) is 5.82 Å². The number of sulfonamides is 1. The van der Waals surface area contributed by atoms with Gasteiger partial charge in [-0.2, -0.15) is 5.10 Å². The van der Waals surface area contributed by atoms with Gasteiger partial charge < -0.3 is 5.73 Å². The first kappa shape index (κ1) is 12.4. The van der Waals surface area contributed by atoms with E-state index in [-0.39, 0.29) is 10.6 Å². The summed E-state index contributed by atoms with van der Waals surface area (Å²) in [6.07, 6.45) is 0. The molecule has 0 saturated heterocycles. The van der Waals surface area contributed by atoms with Gasteiger partial charge in [0.25, 0.3) is 10.0 Å². The Hall–Kier alpha value is -2.02. The smallest absolute Gasteiger partial charge is 0.265 e. The Morgan fingerprint density at radius 3 is 2.56 bits per heavy atom. The molecule has 2 rings (SSSR count). The lowest BCUT2D eigenvalue weighted by molar-refractivity contribution is 0.600. The van der Waals surface area contributed by atoms with Crippen molar-refractivity contribution in [3.05, 3.63) is 36.0 Å². The van der Waals surface area contributed by atoms with Crippen LogP contribution in [0, 0.1) is 6.92 Å². The van der Waals surface area contributed by atoms with Crippen LogP contribution in [-0.2, 0) is 17.1 Å². The fraction of sp³-hybridized carbons (Fsp3) is 0.182. The van der Waals surface area contributed by atoms with E-state index < -0.39 is 10.0 Å². The Kier molecular flexibility index (Phi) is 3.00. The van der Waals surface area contributed by atoms with E-state index >= 15 is 0 Å². The molecule has 0 fully saturated rings. The molecular weight excluding hydrogens is 252 g/mol. The van der Waals surface area contributed by atoms with E-state index in [1.165, 1.54) is 10.7 Å². The maximum absolute atomic E-state index is 12.2. The zero-order valence-electron chi connectivity index (χ0n) is 10.1. The minimum Gasteiger partial charge on any atom is -0.398 e. The first-order valence-electron chi connectivity index (χ1n) is 5.28. The number of nitrogens with zero attached hydrogens (tertiary/aromatic N) is 2. The van der Waals surface area contributed by atoms with Crippen molar-refractivity contribution in [2.45, 2.75) is 11.8 Å². The molecule has 0 amide bonds. The quantitative estimate of drug-likeness (QED) is 0.814. The Morgan fingerprint density at radius 2 is 2.00 bits per heavy atom. The van der Waals surface area contributed by atoms with Crippen LogP contribution in [0.4, 0.5) is 11.5 Å². The number of aryl methyl sites for hydroxylation is 2. The van der Waals surface area contributed by atoms with Crippen LogP contribution in [0.15, 0.2) is 35.2 Å². The third kappa shape index (κ3) is 2.30. The lowest BCUT2D eigenvalue weighted by Crippen LogP contribution is -2.16. The molecule has 18 heavy (non-hydrogen) atoms. The third-order valence-corrected chi connectivity index (χ3v) is 3.88. The predicted molar refractivity (Wildman–Crippen MR) is 69.6 cm³/mol. The van der Waals surface area contributed by atoms with Crippen molar-refractivity contribution in [2.24, 2.45) is 7.05 Å². The highest BCUT2D eigenvalue weighted by atomic mass is 32.2. The van der Waals surface area contributed by atoms with E-state index in [2.05, 4.69) is 9.82 Å². The zero-order chi connectivity index (χ0) is 13.3. The van der Waals surface area contributed by atoms with E-state index in [1.807, 2.05) is 0 Å². The molecule has 0 spiro atoms. The molecule has 6 nitrogen and oxygen atoms in total. The van der Waals surface area contributed by atoms with Gasteiger partial charge in [0, 0.05) is 13.1 Å². The van der Waals surface area contributed by atoms with Crippen molar-refractivity contribution in [3.63, 3.8) is 0 Å². The number of hydrogen-bond donors (Lipinski definition) is 2. The molecule has 0 atom stereocenters. The lowest BCUT2D eigenvalue weighted by Gasteiger charge is -2.09. The number of nitrogen functional groups attached to an aromatic ring is 1. The summed E-state index contributed by atoms with van der Waals surface area (Å²) in [5.41, 5.74) is 6.61. The summed E-state index contributed by atoms with van der Waals surface area (Å²) >= 11 is 0. The second kappa shape index (κ2) is 4.34. The Morgan fingerprint density at radius 1 is 1.33 bits per heavy atom. The van der Waals surface area contributed by atoms with E-state index in [1.54, 1.807) is 38.2 Å². The Bertz CT molecular complexity index is 676. The lowest BCUT2D eigenvalue weighted by atomic mass is 10.3. The molecule has 7 heteroatoms. The van der Waals surface area contributed by atoms with Crippen LogP contribution < -0.4 is 10.5 Å². The van der Waals surface area contributed by atoms with Gasteiger partial charge in [-0.05, 0) is 19.1 Å². The van der Waals surface area contributed by atoms with Gasteiger partial charge in [-0.3, -0.25) is 9.40 Å². The molecule has 1 aromatic heterocycles. The number of benzene rings is 1. The van der Waals surface area contributed by atoms with Gasteiger partial charge in [0.1, 0.15) is 10.7 Å². The zero-order valence-corrected chi connectivity index (χ0v) is 10.9. The minimum absolute atomic E-state index is 0.0591. The van der Waals surface area contributed by atoms with E-state index in [9.17, 15) is 8.42 Å². The minimum atomic E-state index is -3.69. The van der Waals surface area contributed by atoms with Gasteiger partial charge in [-0.1, -0.05) is 12.1 Å². The molecule has 0 aliphatic rings. The van der Waals surface area contributed by atoms with Gasteiger partial charge in [0.2, 0.25) is 0 Å². The summed E-state index contributed by atoms with van der Waals surface area (Å²) in [7, 11) is -2.02. The number of aromatic nitrogens is 2. The van der Waals surface area contributed by atoms with Gasteiger partial charge in [-0.15, -0.1) is 0 Å². The van der Waals surface area contributed by atoms with Crippen LogP contribution in [0.1, 0.15) is 5.69 Å². The molecule has 0 aliphatic heterocycles. The van der Waals surface area contributed by atoms with Gasteiger partial charge in [0.15, 0.2) is 0 Å². The summed E-state index contributed by atoms with van der Waals surface area (Å²) in [5.74, 6) is 0.399. The number of rotatable bonds is 3. The van der Waals surface area contributed by atoms with Crippen molar-refractivity contribution < 1.29 is 8.42 Å². The Balaban J connectivity index is 2.39. The fourth-order valence-electron chi connectivity index (χ4n) is 1.62. The monoisotopic (exact) mass is 266 g/mol. The number of hydrogen-bond acceptors (Lipinski definition) is 4. The van der Waals surface area contributed by atoms with Gasteiger partial charge in [-0.25, -0.2) is 8.42 Å². The first-order chi connectivity index (χ1) is 8.40. The van der Waals surface area contributed by atoms with Gasteiger partial charge in [0.05, 0.1) is 11.4 Å². The normalized spacial score (nSPS) is 11.4. The molecule has 2 aromatic rings. The van der Waals surface area contributed by atoms with E-state index in [0.717, 1.165) is 5.69 Å². The summed E-state index contributed by atoms with van der Waals surface area (Å²) in [6, 6.07) is 7.96. The summed E-state index contributed by atoms with van der Waals surface area (Å²) in [5, 5.41) is 4.07. The third-order valence-electron chi connectivity index (χ3n) is 2.45. The molecule has 1 heterocycles. The number of nitrogens with two attached hydrogens (primary N) is 1. The highest BCUT2D eigenvalue weighted by molar-refractivity contribution is 7.92. The second-order valence-corrected chi connectivity index (χ2v) is 5.59. The van der Waals surface area contributed by atoms with Crippen molar-refractivity contribution in [2.75, 3.05) is 10.5 Å². The molecular formula is C11H14N4O2S. The van der Waals surface area contributed by atoms with Crippen LogP contribution in [0.5, 0.6) is 0 Å². The maximum atomic E-state index is 12.2. The topological polar surface area (TPSA) is 90.0 Å². The van der Waals surface area contributed by atoms with Crippen molar-refractivity contribution in [1.82, 2.24) is 9.78 Å². The largest absolute Gasteiger partial charge is 0.398 e. The number of anilines is 2. The van der Waals surface area contributed by atoms with Crippen LogP contribution in [0.2, 0.25) is 0 Å². The Labute approximate surface area is 105 Å². The van der Waals surface area contributed by atoms with Crippen LogP contribution in [0.3, 0.4) is 0 Å². The van der Waals surface area contributed by atoms with Crippen LogP contribution >= 0.6 is 0 Å². The summed E-state index contributed by atoms with van der Waals surface area (Å²) in [4.78, 5) is 0.0591. The molecule has 0 unspecified atom stereocenters. The summed E-state index contributed by atoms with van der Waals surface area (Å²) < 4.78 is 28.2. The molecule has 96 valence electrons. The fourth-order valence-corrected chi connectivity index (χ4v) is 2.84. The first-order valence-corrected chi connectivity index (χ1v) is 6.76. The second-order valence-electron chi connectivity index (χ2n) is 3.94. The van der Waals surface area contributed by atoms with Crippen LogP contribution in [-0.4, -0.2) is 18.2 Å². The average Bonchev–Trinajstić information content (AvgIpc) is 2.57. The average molecular weight is 266 g/mol. The summed E-state index contributed by atoms with van der Waals surface area (Å²) in [6.45, 7) is 1.79. The number of para-hydroxylation sites is 1. The predicted octanol–water partition coefficient (Wildman–Crippen LogP) is 1.11. The van der Waals surface area contributed by atoms with Crippen molar-refractivity contribution in [3.8, 4) is 0 Å². The standard InChI is InChI=1S/C11H14N4O2S/c1-8-7-11(15(2)13-8)14-18(16,17)10-6-4-3-5-9(10)12/h3-7,14H,12H2,1-2H3. The van der Waals surface area contributed by atoms with Gasteiger partial charge >= 0.3 is 0 Å². The molecule has 0 saturated carbocycles. The SMILES string of the molecule is Cc1cc(NS(=O)(=O)c2ccccc2N)n(C)n1. The molecule has 0 bridgehead atoms. The van der Waals surface area contributed by atoms with Crippen LogP contribution in [0.25, 0.3) is 0 Å². The molecule has 0 aliphatic carbocycles.